The monoisotopic (exact) mass is 430 g/mol. The fraction of sp³-hybridized carbons (Fsp3) is 0.316. The standard InChI is InChI=1S/C19H20FNO5S.H2S/c1-25-18-7-6-16(27(23,24)12-13-8-9-26-11-13)10-17(18)19(22)21-15-4-2-14(20)3-5-15;/h2-7,10,13H,8-9,11-12H2,1H3,(H,21,22);1H2/t13-;/m0./s1/i1D3;. The van der Waals surface area contributed by atoms with Crippen LogP contribution < -0.4 is 10.1 Å². The number of carbonyl (C=O) groups is 1. The maximum atomic E-state index is 13.1. The second-order valence-electron chi connectivity index (χ2n) is 6.23. The predicted octanol–water partition coefficient (Wildman–Crippen LogP) is 3.01. The number of rotatable bonds is 6. The molecule has 1 heterocycles. The van der Waals surface area contributed by atoms with Crippen molar-refractivity contribution in [1.82, 2.24) is 0 Å². The van der Waals surface area contributed by atoms with Crippen LogP contribution in [-0.4, -0.2) is 40.3 Å². The maximum absolute atomic E-state index is 13.1. The van der Waals surface area contributed by atoms with Gasteiger partial charge < -0.3 is 14.8 Å². The molecule has 0 unspecified atom stereocenters. The quantitative estimate of drug-likeness (QED) is 0.762. The molecule has 0 aliphatic carbocycles. The Morgan fingerprint density at radius 3 is 2.71 bits per heavy atom. The molecule has 0 radical (unpaired) electrons. The van der Waals surface area contributed by atoms with Gasteiger partial charge in [0, 0.05) is 12.3 Å². The summed E-state index contributed by atoms with van der Waals surface area (Å²) in [5, 5.41) is 2.48. The summed E-state index contributed by atoms with van der Waals surface area (Å²) in [6.45, 7) is 0.842. The normalized spacial score (nSPS) is 18.3. The Morgan fingerprint density at radius 2 is 2.07 bits per heavy atom. The van der Waals surface area contributed by atoms with E-state index in [4.69, 9.17) is 13.6 Å². The van der Waals surface area contributed by atoms with Crippen molar-refractivity contribution >= 4 is 34.9 Å². The van der Waals surface area contributed by atoms with Gasteiger partial charge in [-0.3, -0.25) is 4.79 Å². The molecular formula is C19H22FNO5S2. The first-order chi connectivity index (χ1) is 14.0. The highest BCUT2D eigenvalue weighted by Crippen LogP contribution is 2.26. The highest BCUT2D eigenvalue weighted by atomic mass is 32.2. The fourth-order valence-corrected chi connectivity index (χ4v) is 4.47. The minimum atomic E-state index is -3.74. The Morgan fingerprint density at radius 1 is 1.32 bits per heavy atom. The molecule has 9 heteroatoms. The van der Waals surface area contributed by atoms with Crippen LogP contribution in [0.4, 0.5) is 10.1 Å². The molecule has 2 aromatic rings. The number of nitrogens with one attached hydrogen (secondary N) is 1. The molecule has 0 spiro atoms. The van der Waals surface area contributed by atoms with E-state index in [0.29, 0.717) is 19.6 Å². The summed E-state index contributed by atoms with van der Waals surface area (Å²) in [7, 11) is -6.59. The summed E-state index contributed by atoms with van der Waals surface area (Å²) in [5.41, 5.74) is -0.0169. The minimum absolute atomic E-state index is 0. The number of amides is 1. The number of halogens is 1. The summed E-state index contributed by atoms with van der Waals surface area (Å²) in [6, 6.07) is 8.35. The third kappa shape index (κ3) is 5.24. The smallest absolute Gasteiger partial charge is 0.259 e. The molecule has 152 valence electrons. The van der Waals surface area contributed by atoms with Gasteiger partial charge in [-0.05, 0) is 54.8 Å². The highest BCUT2D eigenvalue weighted by molar-refractivity contribution is 7.91. The third-order valence-corrected chi connectivity index (χ3v) is 6.13. The summed E-state index contributed by atoms with van der Waals surface area (Å²) >= 11 is 0. The lowest BCUT2D eigenvalue weighted by molar-refractivity contribution is 0.102. The molecule has 1 aliphatic heterocycles. The van der Waals surface area contributed by atoms with Gasteiger partial charge >= 0.3 is 0 Å². The number of carbonyl (C=O) groups excluding carboxylic acids is 1. The van der Waals surface area contributed by atoms with E-state index in [1.54, 1.807) is 0 Å². The number of hydrogen-bond donors (Lipinski definition) is 1. The Balaban J connectivity index is 0.00000341. The number of sulfone groups is 1. The van der Waals surface area contributed by atoms with Crippen LogP contribution in [0.5, 0.6) is 5.75 Å². The SMILES string of the molecule is S.[2H]C([2H])([2H])Oc1ccc(S(=O)(=O)C[C@H]2CCOC2)cc1C(=O)Nc1ccc(F)cc1. The third-order valence-electron chi connectivity index (χ3n) is 4.25. The van der Waals surface area contributed by atoms with Crippen LogP contribution in [0.15, 0.2) is 47.4 Å². The molecule has 1 saturated heterocycles. The topological polar surface area (TPSA) is 81.7 Å². The molecule has 1 aliphatic rings. The summed E-state index contributed by atoms with van der Waals surface area (Å²) < 4.78 is 70.6. The van der Waals surface area contributed by atoms with Gasteiger partial charge in [0.2, 0.25) is 0 Å². The Labute approximate surface area is 174 Å². The molecule has 3 rings (SSSR count). The molecule has 1 fully saturated rings. The second-order valence-corrected chi connectivity index (χ2v) is 8.27. The molecule has 1 amide bonds. The number of ether oxygens (including phenoxy) is 2. The van der Waals surface area contributed by atoms with Crippen LogP contribution in [0.3, 0.4) is 0 Å². The molecule has 6 nitrogen and oxygen atoms in total. The lowest BCUT2D eigenvalue weighted by Gasteiger charge is -2.13. The number of benzene rings is 2. The van der Waals surface area contributed by atoms with E-state index < -0.39 is 28.6 Å². The van der Waals surface area contributed by atoms with Gasteiger partial charge in [0.15, 0.2) is 9.84 Å². The lowest BCUT2D eigenvalue weighted by atomic mass is 10.1. The van der Waals surface area contributed by atoms with Crippen molar-refractivity contribution in [3.8, 4) is 5.75 Å². The molecular weight excluding hydrogens is 405 g/mol. The van der Waals surface area contributed by atoms with Crippen LogP contribution in [0.25, 0.3) is 0 Å². The number of hydrogen-bond acceptors (Lipinski definition) is 5. The lowest BCUT2D eigenvalue weighted by Crippen LogP contribution is -2.18. The van der Waals surface area contributed by atoms with Crippen molar-refractivity contribution in [2.24, 2.45) is 5.92 Å². The Hall–Kier alpha value is -2.10. The number of anilines is 1. The van der Waals surface area contributed by atoms with Gasteiger partial charge in [-0.1, -0.05) is 0 Å². The second kappa shape index (κ2) is 9.40. The minimum Gasteiger partial charge on any atom is -0.496 e. The van der Waals surface area contributed by atoms with Gasteiger partial charge in [0.05, 0.1) is 34.0 Å². The van der Waals surface area contributed by atoms with Crippen molar-refractivity contribution in [2.75, 3.05) is 31.3 Å². The van der Waals surface area contributed by atoms with Gasteiger partial charge in [0.1, 0.15) is 11.6 Å². The van der Waals surface area contributed by atoms with E-state index in [0.717, 1.165) is 24.3 Å². The zero-order valence-electron chi connectivity index (χ0n) is 17.8. The fourth-order valence-electron chi connectivity index (χ4n) is 2.82. The van der Waals surface area contributed by atoms with E-state index in [-0.39, 0.29) is 47.1 Å². The van der Waals surface area contributed by atoms with Crippen molar-refractivity contribution < 1.29 is 31.2 Å². The highest BCUT2D eigenvalue weighted by Gasteiger charge is 2.26. The Kier molecular flexibility index (Phi) is 6.03. The van der Waals surface area contributed by atoms with Crippen LogP contribution in [0.1, 0.15) is 20.9 Å². The molecule has 0 saturated carbocycles. The van der Waals surface area contributed by atoms with Gasteiger partial charge in [-0.2, -0.15) is 13.5 Å². The average molecular weight is 431 g/mol. The van der Waals surface area contributed by atoms with Crippen molar-refractivity contribution in [2.45, 2.75) is 11.3 Å². The van der Waals surface area contributed by atoms with Crippen LogP contribution >= 0.6 is 13.5 Å². The van der Waals surface area contributed by atoms with E-state index in [1.807, 2.05) is 0 Å². The van der Waals surface area contributed by atoms with Gasteiger partial charge in [-0.15, -0.1) is 0 Å². The molecule has 0 bridgehead atoms. The largest absolute Gasteiger partial charge is 0.496 e. The zero-order chi connectivity index (χ0) is 21.9. The molecule has 0 aromatic heterocycles. The maximum Gasteiger partial charge on any atom is 0.259 e. The van der Waals surface area contributed by atoms with E-state index in [9.17, 15) is 17.6 Å². The van der Waals surface area contributed by atoms with E-state index in [2.05, 4.69) is 5.32 Å². The van der Waals surface area contributed by atoms with Crippen LogP contribution in [-0.2, 0) is 14.6 Å². The first-order valence-electron chi connectivity index (χ1n) is 9.74. The summed E-state index contributed by atoms with van der Waals surface area (Å²) in [5.74, 6) is -1.88. The van der Waals surface area contributed by atoms with Gasteiger partial charge in [-0.25, -0.2) is 12.8 Å². The first kappa shape index (κ1) is 18.0. The summed E-state index contributed by atoms with van der Waals surface area (Å²) in [6.07, 6.45) is 0.622. The van der Waals surface area contributed by atoms with Crippen molar-refractivity contribution in [3.05, 3.63) is 53.8 Å². The van der Waals surface area contributed by atoms with E-state index in [1.165, 1.54) is 18.2 Å². The molecule has 1 atom stereocenters. The molecule has 1 N–H and O–H groups in total. The zero-order valence-corrected chi connectivity index (χ0v) is 16.6. The van der Waals surface area contributed by atoms with Crippen molar-refractivity contribution in [1.29, 1.82) is 0 Å². The predicted molar refractivity (Wildman–Crippen MR) is 109 cm³/mol. The number of methoxy groups -OCH3 is 1. The Bertz CT molecular complexity index is 1020. The molecule has 28 heavy (non-hydrogen) atoms. The van der Waals surface area contributed by atoms with Crippen LogP contribution in [0, 0.1) is 11.7 Å². The first-order valence-corrected chi connectivity index (χ1v) is 9.89. The van der Waals surface area contributed by atoms with Gasteiger partial charge in [0.25, 0.3) is 5.91 Å². The molecule has 2 aromatic carbocycles. The van der Waals surface area contributed by atoms with Crippen LogP contribution in [0.2, 0.25) is 0 Å². The van der Waals surface area contributed by atoms with Crippen molar-refractivity contribution in [3.63, 3.8) is 0 Å². The summed E-state index contributed by atoms with van der Waals surface area (Å²) in [4.78, 5) is 12.6. The average Bonchev–Trinajstić information content (AvgIpc) is 3.14. The van der Waals surface area contributed by atoms with E-state index >= 15 is 0 Å².